The van der Waals surface area contributed by atoms with Crippen molar-refractivity contribution >= 4 is 5.78 Å². The second-order valence-electron chi connectivity index (χ2n) is 5.21. The Morgan fingerprint density at radius 3 is 2.15 bits per heavy atom. The highest BCUT2D eigenvalue weighted by atomic mass is 16.5. The van der Waals surface area contributed by atoms with E-state index in [1.807, 2.05) is 44.2 Å². The van der Waals surface area contributed by atoms with Crippen LogP contribution in [0.15, 0.2) is 42.5 Å². The van der Waals surface area contributed by atoms with Crippen LogP contribution in [0.5, 0.6) is 5.75 Å². The highest BCUT2D eigenvalue weighted by Crippen LogP contribution is 2.26. The highest BCUT2D eigenvalue weighted by Gasteiger charge is 2.08. The van der Waals surface area contributed by atoms with Crippen molar-refractivity contribution in [3.8, 4) is 5.75 Å². The number of carbonyl (C=O) groups is 1. The first kappa shape index (κ1) is 14.3. The molecule has 0 aromatic heterocycles. The molecule has 0 radical (unpaired) electrons. The Labute approximate surface area is 120 Å². The minimum absolute atomic E-state index is 0.182. The smallest absolute Gasteiger partial charge is 0.134 e. The fraction of sp³-hybridized carbons (Fsp3) is 0.278. The summed E-state index contributed by atoms with van der Waals surface area (Å²) in [5.41, 5.74) is 4.37. The third kappa shape index (κ3) is 3.70. The number of Topliss-reactive ketones (excluding diaryl/α,β-unsaturated/α-hetero) is 1. The molecule has 0 aliphatic rings. The van der Waals surface area contributed by atoms with Crippen molar-refractivity contribution in [1.29, 1.82) is 0 Å². The molecule has 104 valence electrons. The molecule has 0 atom stereocenters. The predicted octanol–water partition coefficient (Wildman–Crippen LogP) is 4.01. The molecule has 0 heterocycles. The van der Waals surface area contributed by atoms with Gasteiger partial charge in [-0.1, -0.05) is 42.5 Å². The van der Waals surface area contributed by atoms with Crippen LogP contribution in [0, 0.1) is 13.8 Å². The van der Waals surface area contributed by atoms with Gasteiger partial charge in [-0.25, -0.2) is 0 Å². The zero-order chi connectivity index (χ0) is 14.5. The molecule has 2 aromatic carbocycles. The largest absolute Gasteiger partial charge is 0.488 e. The number of ether oxygens (including phenoxy) is 1. The van der Waals surface area contributed by atoms with Crippen molar-refractivity contribution < 1.29 is 9.53 Å². The van der Waals surface area contributed by atoms with Gasteiger partial charge in [-0.3, -0.25) is 4.79 Å². The Balaban J connectivity index is 2.14. The van der Waals surface area contributed by atoms with E-state index in [-0.39, 0.29) is 5.78 Å². The summed E-state index contributed by atoms with van der Waals surface area (Å²) in [6, 6.07) is 14.2. The van der Waals surface area contributed by atoms with Crippen molar-refractivity contribution in [2.24, 2.45) is 0 Å². The Hall–Kier alpha value is -2.09. The van der Waals surface area contributed by atoms with Gasteiger partial charge in [0.15, 0.2) is 0 Å². The molecule has 0 unspecified atom stereocenters. The topological polar surface area (TPSA) is 26.3 Å². The van der Waals surface area contributed by atoms with Crippen molar-refractivity contribution in [3.63, 3.8) is 0 Å². The second kappa shape index (κ2) is 6.38. The maximum Gasteiger partial charge on any atom is 0.134 e. The van der Waals surface area contributed by atoms with E-state index in [1.165, 1.54) is 0 Å². The Kier molecular flexibility index (Phi) is 4.57. The lowest BCUT2D eigenvalue weighted by Crippen LogP contribution is -2.02. The first-order valence-corrected chi connectivity index (χ1v) is 6.82. The van der Waals surface area contributed by atoms with Crippen molar-refractivity contribution in [2.75, 3.05) is 0 Å². The van der Waals surface area contributed by atoms with Gasteiger partial charge in [0.05, 0.1) is 0 Å². The van der Waals surface area contributed by atoms with Gasteiger partial charge in [-0.2, -0.15) is 0 Å². The fourth-order valence-corrected chi connectivity index (χ4v) is 2.39. The molecular formula is C18H20O2. The summed E-state index contributed by atoms with van der Waals surface area (Å²) >= 11 is 0. The van der Waals surface area contributed by atoms with Gasteiger partial charge in [0.2, 0.25) is 0 Å². The lowest BCUT2D eigenvalue weighted by molar-refractivity contribution is -0.116. The summed E-state index contributed by atoms with van der Waals surface area (Å²) in [6.45, 7) is 6.23. The van der Waals surface area contributed by atoms with E-state index >= 15 is 0 Å². The molecule has 0 N–H and O–H groups in total. The minimum Gasteiger partial charge on any atom is -0.488 e. The van der Waals surface area contributed by atoms with Gasteiger partial charge in [-0.15, -0.1) is 0 Å². The van der Waals surface area contributed by atoms with Crippen LogP contribution < -0.4 is 4.74 Å². The van der Waals surface area contributed by atoms with Crippen LogP contribution in [-0.2, 0) is 17.8 Å². The molecule has 20 heavy (non-hydrogen) atoms. The molecule has 0 amide bonds. The van der Waals surface area contributed by atoms with Gasteiger partial charge < -0.3 is 4.74 Å². The van der Waals surface area contributed by atoms with Crippen LogP contribution in [0.2, 0.25) is 0 Å². The molecule has 0 saturated carbocycles. The number of hydrogen-bond acceptors (Lipinski definition) is 2. The second-order valence-corrected chi connectivity index (χ2v) is 5.21. The first-order valence-electron chi connectivity index (χ1n) is 6.82. The van der Waals surface area contributed by atoms with E-state index in [9.17, 15) is 4.79 Å². The predicted molar refractivity (Wildman–Crippen MR) is 81.1 cm³/mol. The maximum atomic E-state index is 11.2. The first-order chi connectivity index (χ1) is 9.56. The molecule has 0 saturated heterocycles. The summed E-state index contributed by atoms with van der Waals surface area (Å²) < 4.78 is 5.93. The van der Waals surface area contributed by atoms with E-state index in [1.54, 1.807) is 6.92 Å². The maximum absolute atomic E-state index is 11.2. The standard InChI is InChI=1S/C18H20O2/c1-13-9-17(11-15(3)19)10-14(2)18(13)20-12-16-7-5-4-6-8-16/h4-10H,11-12H2,1-3H3. The summed E-state index contributed by atoms with van der Waals surface area (Å²) in [5, 5.41) is 0. The van der Waals surface area contributed by atoms with E-state index in [0.717, 1.165) is 28.0 Å². The van der Waals surface area contributed by atoms with Crippen molar-refractivity contribution in [3.05, 3.63) is 64.7 Å². The van der Waals surface area contributed by atoms with Gasteiger partial charge in [0.25, 0.3) is 0 Å². The van der Waals surface area contributed by atoms with Crippen LogP contribution in [0.4, 0.5) is 0 Å². The van der Waals surface area contributed by atoms with Gasteiger partial charge in [0.1, 0.15) is 18.1 Å². The average Bonchev–Trinajstić information content (AvgIpc) is 2.38. The van der Waals surface area contributed by atoms with Gasteiger partial charge >= 0.3 is 0 Å². The zero-order valence-electron chi connectivity index (χ0n) is 12.3. The van der Waals surface area contributed by atoms with E-state index in [4.69, 9.17) is 4.74 Å². The highest BCUT2D eigenvalue weighted by molar-refractivity contribution is 5.78. The van der Waals surface area contributed by atoms with Crippen LogP contribution in [0.25, 0.3) is 0 Å². The Morgan fingerprint density at radius 1 is 1.00 bits per heavy atom. The average molecular weight is 268 g/mol. The van der Waals surface area contributed by atoms with Gasteiger partial charge in [0, 0.05) is 6.42 Å². The zero-order valence-corrected chi connectivity index (χ0v) is 12.3. The summed E-state index contributed by atoms with van der Waals surface area (Å²) in [4.78, 5) is 11.2. The molecule has 0 aliphatic carbocycles. The quantitative estimate of drug-likeness (QED) is 0.819. The fourth-order valence-electron chi connectivity index (χ4n) is 2.39. The number of hydrogen-bond donors (Lipinski definition) is 0. The Morgan fingerprint density at radius 2 is 1.60 bits per heavy atom. The SMILES string of the molecule is CC(=O)Cc1cc(C)c(OCc2ccccc2)c(C)c1. The molecule has 2 aromatic rings. The van der Waals surface area contributed by atoms with Crippen molar-refractivity contribution in [1.82, 2.24) is 0 Å². The summed E-state index contributed by atoms with van der Waals surface area (Å²) in [5.74, 6) is 1.10. The molecule has 0 bridgehead atoms. The molecule has 0 fully saturated rings. The molecule has 0 aliphatic heterocycles. The number of benzene rings is 2. The van der Waals surface area contributed by atoms with Crippen LogP contribution in [-0.4, -0.2) is 5.78 Å². The van der Waals surface area contributed by atoms with Crippen molar-refractivity contribution in [2.45, 2.75) is 33.8 Å². The van der Waals surface area contributed by atoms with Crippen LogP contribution >= 0.6 is 0 Å². The lowest BCUT2D eigenvalue weighted by Gasteiger charge is -2.14. The molecule has 2 heteroatoms. The lowest BCUT2D eigenvalue weighted by atomic mass is 10.0. The van der Waals surface area contributed by atoms with Gasteiger partial charge in [-0.05, 0) is 43.0 Å². The molecular weight excluding hydrogens is 248 g/mol. The number of carbonyl (C=O) groups excluding carboxylic acids is 1. The number of ketones is 1. The minimum atomic E-state index is 0.182. The summed E-state index contributed by atoms with van der Waals surface area (Å²) in [6.07, 6.45) is 0.487. The summed E-state index contributed by atoms with van der Waals surface area (Å²) in [7, 11) is 0. The van der Waals surface area contributed by atoms with E-state index < -0.39 is 0 Å². The number of aryl methyl sites for hydroxylation is 2. The van der Waals surface area contributed by atoms with Crippen LogP contribution in [0.1, 0.15) is 29.2 Å². The monoisotopic (exact) mass is 268 g/mol. The molecule has 2 rings (SSSR count). The normalized spacial score (nSPS) is 10.3. The third-order valence-electron chi connectivity index (χ3n) is 3.20. The molecule has 0 spiro atoms. The Bertz CT molecular complexity index is 577. The van der Waals surface area contributed by atoms with E-state index in [0.29, 0.717) is 13.0 Å². The van der Waals surface area contributed by atoms with E-state index in [2.05, 4.69) is 12.1 Å². The third-order valence-corrected chi connectivity index (χ3v) is 3.20. The molecule has 2 nitrogen and oxygen atoms in total. The number of rotatable bonds is 5. The van der Waals surface area contributed by atoms with Crippen LogP contribution in [0.3, 0.4) is 0 Å².